The van der Waals surface area contributed by atoms with Gasteiger partial charge in [0.2, 0.25) is 25.0 Å². The fourth-order valence-electron chi connectivity index (χ4n) is 4.33. The lowest BCUT2D eigenvalue weighted by atomic mass is 10.1. The first-order chi connectivity index (χ1) is 24.3. The molecule has 0 saturated carbocycles. The van der Waals surface area contributed by atoms with E-state index in [0.29, 0.717) is 17.0 Å². The number of nitrogens with zero attached hydrogens (tertiary/aromatic N) is 4. The van der Waals surface area contributed by atoms with E-state index in [0.717, 1.165) is 4.91 Å². The summed E-state index contributed by atoms with van der Waals surface area (Å²) in [5.41, 5.74) is 7.41. The minimum Gasteiger partial charge on any atom is -0.382 e. The molecule has 1 saturated heterocycles. The monoisotopic (exact) mass is 859 g/mol. The summed E-state index contributed by atoms with van der Waals surface area (Å²) < 4.78 is 30.5. The average Bonchev–Trinajstić information content (AvgIpc) is 3.83. The maximum Gasteiger partial charge on any atom is 0.238 e. The van der Waals surface area contributed by atoms with Crippen molar-refractivity contribution in [3.8, 4) is 0 Å². The van der Waals surface area contributed by atoms with Crippen LogP contribution >= 0.6 is 47.0 Å². The topological polar surface area (TPSA) is 134 Å². The minimum absolute atomic E-state index is 0.0541. The Hall–Kier alpha value is -0.659. The molecule has 4 atom stereocenters. The van der Waals surface area contributed by atoms with Crippen LogP contribution in [0.3, 0.4) is 0 Å². The van der Waals surface area contributed by atoms with Gasteiger partial charge >= 0.3 is 0 Å². The molecular weight excluding hydrogens is 803 g/mol. The van der Waals surface area contributed by atoms with Crippen LogP contribution in [0, 0.1) is 0 Å². The first-order valence-electron chi connectivity index (χ1n) is 17.8. The number of thioether (sulfide) groups is 4. The van der Waals surface area contributed by atoms with Crippen LogP contribution < -0.4 is 5.73 Å². The predicted molar refractivity (Wildman–Crippen MR) is 229 cm³/mol. The molecule has 3 aliphatic rings. The molecule has 0 bridgehead atoms. The molecule has 0 aliphatic carbocycles. The van der Waals surface area contributed by atoms with E-state index in [1.807, 2.05) is 4.57 Å². The molecule has 0 radical (unpaired) electrons. The van der Waals surface area contributed by atoms with Crippen molar-refractivity contribution in [1.82, 2.24) is 19.5 Å². The Kier molecular flexibility index (Phi) is 13.1. The second kappa shape index (κ2) is 15.9. The first-order valence-corrected chi connectivity index (χ1v) is 29.9. The minimum atomic E-state index is -2.45. The van der Waals surface area contributed by atoms with Crippen LogP contribution in [-0.4, -0.2) is 69.4 Å². The Labute approximate surface area is 335 Å². The summed E-state index contributed by atoms with van der Waals surface area (Å²) in [5, 5.41) is 5.97. The van der Waals surface area contributed by atoms with E-state index in [-0.39, 0.29) is 27.5 Å². The van der Waals surface area contributed by atoms with Gasteiger partial charge in [-0.2, -0.15) is 0 Å². The van der Waals surface area contributed by atoms with Crippen LogP contribution in [0.2, 0.25) is 54.4 Å². The van der Waals surface area contributed by atoms with Gasteiger partial charge in [-0.1, -0.05) is 109 Å². The molecule has 0 amide bonds. The number of anilines is 1. The van der Waals surface area contributed by atoms with Crippen LogP contribution in [0.15, 0.2) is 31.0 Å². The van der Waals surface area contributed by atoms with Gasteiger partial charge in [0.05, 0.1) is 13.4 Å². The van der Waals surface area contributed by atoms with Gasteiger partial charge in [0.1, 0.15) is 19.0 Å². The van der Waals surface area contributed by atoms with Gasteiger partial charge in [0.15, 0.2) is 41.2 Å². The summed E-state index contributed by atoms with van der Waals surface area (Å²) in [4.78, 5) is 34.1. The average molecular weight is 860 g/mol. The van der Waals surface area contributed by atoms with E-state index in [4.69, 9.17) is 48.8 Å². The summed E-state index contributed by atoms with van der Waals surface area (Å²) in [5.74, 6) is 0.885. The van der Waals surface area contributed by atoms with Gasteiger partial charge in [0, 0.05) is 0 Å². The van der Waals surface area contributed by atoms with Crippen molar-refractivity contribution in [2.24, 2.45) is 0 Å². The lowest BCUT2D eigenvalue weighted by Gasteiger charge is -2.38. The summed E-state index contributed by atoms with van der Waals surface area (Å²) in [7, 11) is -7.13. The largest absolute Gasteiger partial charge is 0.382 e. The van der Waals surface area contributed by atoms with Crippen molar-refractivity contribution < 1.29 is 33.1 Å². The van der Waals surface area contributed by atoms with Gasteiger partial charge in [-0.05, 0) is 70.6 Å². The van der Waals surface area contributed by atoms with E-state index in [1.54, 1.807) is 47.0 Å². The summed E-state index contributed by atoms with van der Waals surface area (Å²) in [6, 6.07) is 0. The van der Waals surface area contributed by atoms with Crippen LogP contribution in [0.5, 0.6) is 0 Å². The van der Waals surface area contributed by atoms with Crippen LogP contribution in [0.25, 0.3) is 16.1 Å². The normalized spacial score (nSPS) is 23.6. The lowest BCUT2D eigenvalue weighted by Crippen LogP contribution is -2.48. The van der Waals surface area contributed by atoms with E-state index in [1.165, 1.54) is 14.8 Å². The van der Waals surface area contributed by atoms with Gasteiger partial charge in [-0.3, -0.25) is 18.3 Å². The van der Waals surface area contributed by atoms with Crippen molar-refractivity contribution in [3.05, 3.63) is 36.9 Å². The van der Waals surface area contributed by atoms with Crippen molar-refractivity contribution >= 4 is 93.9 Å². The Balaban J connectivity index is 1.61. The van der Waals surface area contributed by atoms with Crippen molar-refractivity contribution in [1.29, 1.82) is 0 Å². The highest BCUT2D eigenvalue weighted by Crippen LogP contribution is 2.56. The second-order valence-electron chi connectivity index (χ2n) is 18.0. The van der Waals surface area contributed by atoms with E-state index in [2.05, 4.69) is 123 Å². The van der Waals surface area contributed by atoms with E-state index in [9.17, 15) is 0 Å². The van der Waals surface area contributed by atoms with Crippen molar-refractivity contribution in [2.75, 3.05) is 12.3 Å². The molecule has 2 N–H and O–H groups in total. The van der Waals surface area contributed by atoms with E-state index < -0.39 is 49.5 Å². The van der Waals surface area contributed by atoms with Crippen LogP contribution in [-0.2, 0) is 33.1 Å². The van der Waals surface area contributed by atoms with Crippen molar-refractivity contribution in [3.63, 3.8) is 0 Å². The first kappa shape index (κ1) is 43.5. The molecule has 0 unspecified atom stereocenters. The standard InChI is InChI=1S/C34H57N5O7S4Si3/c1-32(2,3)51(10,11)44-40-18-21-24(42-45-52(12,13)33(4,5)6)25(43-46-53(14,15)34(7,8)9)29(41-21)39-27(38-23-26(35)36-20-37-28(23)39)22-19-49-31(50-22)30-47-16-17-48-30/h16-17,19-21,24-25,29H,18H2,1-15H3,(H2,35,36,37)/t21-,24-,25-,29-/m1/s1. The Morgan fingerprint density at radius 2 is 1.30 bits per heavy atom. The molecule has 0 spiro atoms. The van der Waals surface area contributed by atoms with Crippen molar-refractivity contribution in [2.45, 2.75) is 141 Å². The number of nitrogen functional groups attached to an aromatic ring is 1. The highest BCUT2D eigenvalue weighted by molar-refractivity contribution is 8.35. The Morgan fingerprint density at radius 3 is 1.87 bits per heavy atom. The second-order valence-corrected chi connectivity index (χ2v) is 36.4. The third-order valence-electron chi connectivity index (χ3n) is 11.0. The highest BCUT2D eigenvalue weighted by atomic mass is 32.2. The Morgan fingerprint density at radius 1 is 0.755 bits per heavy atom. The van der Waals surface area contributed by atoms with Crippen LogP contribution in [0.1, 0.15) is 74.4 Å². The summed E-state index contributed by atoms with van der Waals surface area (Å²) in [6.45, 7) is 32.4. The molecule has 5 heterocycles. The number of rotatable bonds is 12. The van der Waals surface area contributed by atoms with Gasteiger partial charge in [-0.15, -0.1) is 0 Å². The molecule has 2 aromatic heterocycles. The molecule has 1 fully saturated rings. The molecule has 0 aromatic carbocycles. The fourth-order valence-corrected chi connectivity index (χ4v) is 10.6. The maximum atomic E-state index is 6.99. The zero-order chi connectivity index (χ0) is 39.4. The SMILES string of the molecule is CC(C)(C)[Si](C)(C)OOC[C@H]1O[C@@H](n2c(C3=CSC(=C4SC=CS4)S3)nc3c(N)ncnc32)[C@H](OO[Si](C)(C)C(C)(C)C)[C@@H]1OO[Si](C)(C)C(C)(C)C. The molecular formula is C34H57N5O7S4Si3. The predicted octanol–water partition coefficient (Wildman–Crippen LogP) is 10.8. The summed E-state index contributed by atoms with van der Waals surface area (Å²) in [6.07, 6.45) is -1.73. The maximum absolute atomic E-state index is 6.99. The van der Waals surface area contributed by atoms with Gasteiger partial charge in [-0.25, -0.2) is 29.6 Å². The number of hydrogen-bond donors (Lipinski definition) is 1. The number of ether oxygens (including phenoxy) is 1. The fraction of sp³-hybridized carbons (Fsp3) is 0.676. The molecule has 53 heavy (non-hydrogen) atoms. The zero-order valence-electron chi connectivity index (χ0n) is 33.7. The number of fused-ring (bicyclic) bond motifs is 1. The lowest BCUT2D eigenvalue weighted by molar-refractivity contribution is -0.338. The molecule has 3 aliphatic heterocycles. The van der Waals surface area contributed by atoms with E-state index >= 15 is 0 Å². The van der Waals surface area contributed by atoms with Gasteiger partial charge in [0.25, 0.3) is 0 Å². The quantitative estimate of drug-likeness (QED) is 0.123. The molecule has 19 heteroatoms. The number of imidazole rings is 1. The smallest absolute Gasteiger partial charge is 0.238 e. The third kappa shape index (κ3) is 9.40. The molecule has 12 nitrogen and oxygen atoms in total. The van der Waals surface area contributed by atoms with Crippen LogP contribution in [0.4, 0.5) is 5.82 Å². The zero-order valence-corrected chi connectivity index (χ0v) is 39.9. The molecule has 2 aromatic rings. The molecule has 296 valence electrons. The number of hydrogen-bond acceptors (Lipinski definition) is 15. The number of aromatic nitrogens is 4. The number of nitrogens with two attached hydrogens (primary N) is 1. The third-order valence-corrected chi connectivity index (χ3v) is 28.4. The van der Waals surface area contributed by atoms with Gasteiger partial charge < -0.3 is 10.5 Å². The highest BCUT2D eigenvalue weighted by Gasteiger charge is 2.54. The molecule has 5 rings (SSSR count). The summed E-state index contributed by atoms with van der Waals surface area (Å²) >= 11 is 6.75. The Bertz CT molecular complexity index is 1740.